The molecule has 0 aliphatic rings. The van der Waals surface area contributed by atoms with Crippen molar-refractivity contribution in [3.63, 3.8) is 0 Å². The van der Waals surface area contributed by atoms with Crippen LogP contribution < -0.4 is 10.1 Å². The van der Waals surface area contributed by atoms with E-state index in [2.05, 4.69) is 34.7 Å². The van der Waals surface area contributed by atoms with E-state index < -0.39 is 0 Å². The maximum atomic E-state index is 8.90. The number of ether oxygens (including phenoxy) is 1. The fourth-order valence-corrected chi connectivity index (χ4v) is 3.31. The molecule has 2 N–H and O–H groups in total. The minimum absolute atomic E-state index is 0.230. The summed E-state index contributed by atoms with van der Waals surface area (Å²) in [5, 5.41) is 15.2. The lowest BCUT2D eigenvalue weighted by Gasteiger charge is -2.05. The van der Waals surface area contributed by atoms with Gasteiger partial charge in [-0.15, -0.1) is 11.3 Å². The smallest absolute Gasteiger partial charge is 0.187 e. The molecule has 3 aromatic rings. The first-order valence-electron chi connectivity index (χ1n) is 8.94. The quantitative estimate of drug-likeness (QED) is 0.540. The number of anilines is 2. The number of aliphatic hydroxyl groups is 1. The minimum Gasteiger partial charge on any atom is -0.494 e. The third kappa shape index (κ3) is 5.07. The lowest BCUT2D eigenvalue weighted by Crippen LogP contribution is -1.94. The van der Waals surface area contributed by atoms with Crippen LogP contribution >= 0.6 is 11.3 Å². The highest BCUT2D eigenvalue weighted by Crippen LogP contribution is 2.28. The Morgan fingerprint density at radius 3 is 2.54 bits per heavy atom. The molecular weight excluding hydrogens is 344 g/mol. The van der Waals surface area contributed by atoms with Gasteiger partial charge in [0.2, 0.25) is 0 Å². The number of rotatable bonds is 9. The lowest BCUT2D eigenvalue weighted by atomic mass is 10.1. The summed E-state index contributed by atoms with van der Waals surface area (Å²) in [7, 11) is 0. The molecule has 5 heteroatoms. The summed E-state index contributed by atoms with van der Waals surface area (Å²) in [4.78, 5) is 4.67. The molecule has 2 aromatic carbocycles. The van der Waals surface area contributed by atoms with Crippen molar-refractivity contribution >= 4 is 22.2 Å². The van der Waals surface area contributed by atoms with E-state index in [4.69, 9.17) is 9.84 Å². The first-order chi connectivity index (χ1) is 12.8. The fraction of sp³-hybridized carbons (Fsp3) is 0.286. The van der Waals surface area contributed by atoms with Gasteiger partial charge in [0.05, 0.1) is 12.3 Å². The van der Waals surface area contributed by atoms with E-state index in [-0.39, 0.29) is 6.61 Å². The molecule has 0 atom stereocenters. The molecule has 0 saturated heterocycles. The highest BCUT2D eigenvalue weighted by molar-refractivity contribution is 7.14. The summed E-state index contributed by atoms with van der Waals surface area (Å²) in [5.74, 6) is 0.894. The number of thiazole rings is 1. The monoisotopic (exact) mass is 368 g/mol. The van der Waals surface area contributed by atoms with Crippen LogP contribution in [-0.2, 0) is 6.42 Å². The molecule has 0 saturated carbocycles. The van der Waals surface area contributed by atoms with Gasteiger partial charge in [0, 0.05) is 23.2 Å². The average Bonchev–Trinajstić information content (AvgIpc) is 3.15. The molecule has 0 unspecified atom stereocenters. The van der Waals surface area contributed by atoms with Gasteiger partial charge in [-0.25, -0.2) is 4.98 Å². The van der Waals surface area contributed by atoms with Gasteiger partial charge in [-0.1, -0.05) is 19.1 Å². The number of hydrogen-bond donors (Lipinski definition) is 2. The standard InChI is InChI=1S/C21H24N2O2S/c1-2-14-25-19-11-7-17(8-12-19)20-15-26-21(23-20)22-18-9-5-16(6-10-18)4-3-13-24/h5-12,15,24H,2-4,13-14H2,1H3,(H,22,23). The Kier molecular flexibility index (Phi) is 6.63. The Bertz CT molecular complexity index is 798. The van der Waals surface area contributed by atoms with Crippen LogP contribution in [0, 0.1) is 0 Å². The van der Waals surface area contributed by atoms with Gasteiger partial charge in [-0.05, 0) is 61.2 Å². The van der Waals surface area contributed by atoms with Crippen LogP contribution in [0.3, 0.4) is 0 Å². The second-order valence-corrected chi connectivity index (χ2v) is 6.92. The van der Waals surface area contributed by atoms with Crippen LogP contribution in [0.5, 0.6) is 5.75 Å². The maximum absolute atomic E-state index is 8.90. The SMILES string of the molecule is CCCOc1ccc(-c2csc(Nc3ccc(CCCO)cc3)n2)cc1. The molecule has 0 amide bonds. The molecule has 4 nitrogen and oxygen atoms in total. The van der Waals surface area contributed by atoms with Crippen molar-refractivity contribution in [2.75, 3.05) is 18.5 Å². The van der Waals surface area contributed by atoms with Crippen LogP contribution in [0.1, 0.15) is 25.3 Å². The van der Waals surface area contributed by atoms with E-state index in [1.54, 1.807) is 11.3 Å². The van der Waals surface area contributed by atoms with Crippen LogP contribution in [0.15, 0.2) is 53.9 Å². The first-order valence-corrected chi connectivity index (χ1v) is 9.82. The summed E-state index contributed by atoms with van der Waals surface area (Å²) in [5.41, 5.74) is 4.29. The second-order valence-electron chi connectivity index (χ2n) is 6.06. The zero-order chi connectivity index (χ0) is 18.2. The fourth-order valence-electron chi connectivity index (χ4n) is 2.57. The first kappa shape index (κ1) is 18.4. The highest BCUT2D eigenvalue weighted by atomic mass is 32.1. The molecule has 0 fully saturated rings. The van der Waals surface area contributed by atoms with Crippen molar-refractivity contribution in [1.29, 1.82) is 0 Å². The molecule has 136 valence electrons. The number of nitrogens with zero attached hydrogens (tertiary/aromatic N) is 1. The Labute approximate surface area is 158 Å². The van der Waals surface area contributed by atoms with E-state index in [0.717, 1.165) is 53.7 Å². The van der Waals surface area contributed by atoms with Crippen molar-refractivity contribution in [2.24, 2.45) is 0 Å². The zero-order valence-corrected chi connectivity index (χ0v) is 15.8. The van der Waals surface area contributed by atoms with Crippen LogP contribution in [-0.4, -0.2) is 23.3 Å². The number of aromatic nitrogens is 1. The van der Waals surface area contributed by atoms with Gasteiger partial charge in [0.1, 0.15) is 5.75 Å². The van der Waals surface area contributed by atoms with Gasteiger partial charge in [0.15, 0.2) is 5.13 Å². The van der Waals surface area contributed by atoms with E-state index in [0.29, 0.717) is 0 Å². The number of hydrogen-bond acceptors (Lipinski definition) is 5. The third-order valence-corrected chi connectivity index (χ3v) is 4.71. The molecule has 0 aliphatic heterocycles. The lowest BCUT2D eigenvalue weighted by molar-refractivity contribution is 0.288. The molecule has 3 rings (SSSR count). The molecule has 1 aromatic heterocycles. The van der Waals surface area contributed by atoms with Crippen molar-refractivity contribution in [3.8, 4) is 17.0 Å². The Morgan fingerprint density at radius 2 is 1.85 bits per heavy atom. The molecule has 0 aliphatic carbocycles. The van der Waals surface area contributed by atoms with Crippen molar-refractivity contribution in [1.82, 2.24) is 4.98 Å². The molecule has 26 heavy (non-hydrogen) atoms. The van der Waals surface area contributed by atoms with Gasteiger partial charge >= 0.3 is 0 Å². The van der Waals surface area contributed by atoms with E-state index in [9.17, 15) is 0 Å². The third-order valence-electron chi connectivity index (χ3n) is 3.96. The van der Waals surface area contributed by atoms with Gasteiger partial charge in [-0.3, -0.25) is 0 Å². The summed E-state index contributed by atoms with van der Waals surface area (Å²) in [6, 6.07) is 16.3. The zero-order valence-electron chi connectivity index (χ0n) is 14.9. The van der Waals surface area contributed by atoms with Crippen molar-refractivity contribution in [2.45, 2.75) is 26.2 Å². The Hall–Kier alpha value is -2.37. The summed E-state index contributed by atoms with van der Waals surface area (Å²) in [6.45, 7) is 3.07. The number of aryl methyl sites for hydroxylation is 1. The Balaban J connectivity index is 1.62. The molecule has 1 heterocycles. The highest BCUT2D eigenvalue weighted by Gasteiger charge is 2.06. The Morgan fingerprint density at radius 1 is 1.08 bits per heavy atom. The van der Waals surface area contributed by atoms with E-state index >= 15 is 0 Å². The molecule has 0 spiro atoms. The molecule has 0 bridgehead atoms. The van der Waals surface area contributed by atoms with Gasteiger partial charge < -0.3 is 15.2 Å². The summed E-state index contributed by atoms with van der Waals surface area (Å²) < 4.78 is 5.62. The van der Waals surface area contributed by atoms with E-state index in [1.807, 2.05) is 36.4 Å². The number of benzene rings is 2. The second kappa shape index (κ2) is 9.36. The number of nitrogens with one attached hydrogen (secondary N) is 1. The molecule has 0 radical (unpaired) electrons. The number of aliphatic hydroxyl groups excluding tert-OH is 1. The van der Waals surface area contributed by atoms with Crippen LogP contribution in [0.25, 0.3) is 11.3 Å². The maximum Gasteiger partial charge on any atom is 0.187 e. The molecular formula is C21H24N2O2S. The van der Waals surface area contributed by atoms with Crippen molar-refractivity contribution < 1.29 is 9.84 Å². The summed E-state index contributed by atoms with van der Waals surface area (Å²) in [6.07, 6.45) is 2.70. The summed E-state index contributed by atoms with van der Waals surface area (Å²) >= 11 is 1.59. The van der Waals surface area contributed by atoms with Crippen LogP contribution in [0.2, 0.25) is 0 Å². The van der Waals surface area contributed by atoms with Gasteiger partial charge in [-0.2, -0.15) is 0 Å². The van der Waals surface area contributed by atoms with E-state index in [1.165, 1.54) is 5.56 Å². The average molecular weight is 369 g/mol. The predicted molar refractivity (Wildman–Crippen MR) is 108 cm³/mol. The minimum atomic E-state index is 0.230. The van der Waals surface area contributed by atoms with Gasteiger partial charge in [0.25, 0.3) is 0 Å². The largest absolute Gasteiger partial charge is 0.494 e. The normalized spacial score (nSPS) is 10.7. The topological polar surface area (TPSA) is 54.4 Å². The predicted octanol–water partition coefficient (Wildman–Crippen LogP) is 5.27. The van der Waals surface area contributed by atoms with Crippen LogP contribution in [0.4, 0.5) is 10.8 Å². The van der Waals surface area contributed by atoms with Crippen molar-refractivity contribution in [3.05, 3.63) is 59.5 Å².